The van der Waals surface area contributed by atoms with Gasteiger partial charge in [0, 0.05) is 25.2 Å². The second-order valence-corrected chi connectivity index (χ2v) is 10.1. The molecule has 0 spiro atoms. The molecule has 4 aromatic heterocycles. The maximum absolute atomic E-state index is 12.5. The summed E-state index contributed by atoms with van der Waals surface area (Å²) in [5.41, 5.74) is -0.884. The van der Waals surface area contributed by atoms with Crippen LogP contribution in [0, 0.1) is 40.8 Å². The van der Waals surface area contributed by atoms with Gasteiger partial charge in [-0.1, -0.05) is 37.0 Å². The second-order valence-electron chi connectivity index (χ2n) is 10.1. The van der Waals surface area contributed by atoms with Crippen molar-refractivity contribution in [1.82, 2.24) is 19.4 Å². The Morgan fingerprint density at radius 1 is 0.723 bits per heavy atom. The van der Waals surface area contributed by atoms with Gasteiger partial charge >= 0.3 is 16.5 Å². The number of pyridine rings is 2. The van der Waals surface area contributed by atoms with E-state index in [9.17, 15) is 19.8 Å². The van der Waals surface area contributed by atoms with Crippen molar-refractivity contribution < 1.29 is 35.8 Å². The molecule has 0 aliphatic rings. The Hall–Kier alpha value is -5.41. The van der Waals surface area contributed by atoms with Crippen LogP contribution in [0.5, 0.6) is 11.8 Å². The van der Waals surface area contributed by atoms with Crippen LogP contribution in [-0.4, -0.2) is 19.4 Å². The third-order valence-electron chi connectivity index (χ3n) is 6.64. The molecule has 4 rings (SSSR count). The van der Waals surface area contributed by atoms with E-state index in [-0.39, 0.29) is 75.1 Å². The van der Waals surface area contributed by atoms with Gasteiger partial charge in [-0.2, -0.15) is 0 Å². The fourth-order valence-corrected chi connectivity index (χ4v) is 4.10. The molecule has 0 atom stereocenters. The smallest absolute Gasteiger partial charge is 0.869 e. The van der Waals surface area contributed by atoms with E-state index in [0.29, 0.717) is 24.4 Å². The van der Waals surface area contributed by atoms with Crippen molar-refractivity contribution in [3.05, 3.63) is 78.3 Å². The molecule has 0 unspecified atom stereocenters. The molecule has 4 aromatic rings. The average molecular weight is 687 g/mol. The topological polar surface area (TPSA) is 200 Å². The van der Waals surface area contributed by atoms with Crippen molar-refractivity contribution in [1.29, 1.82) is 0 Å². The molecule has 0 saturated carbocycles. The number of nitrogens with zero attached hydrogens (tertiary/aromatic N) is 10. The molecule has 0 radical (unpaired) electrons. The maximum Gasteiger partial charge on any atom is 2.00 e. The minimum atomic E-state index is -0.577. The van der Waals surface area contributed by atoms with Crippen molar-refractivity contribution in [3.8, 4) is 11.8 Å². The normalized spacial score (nSPS) is 10.8. The summed E-state index contributed by atoms with van der Waals surface area (Å²) in [5.74, 6) is 0.411. The standard InChI is InChI=1S/2C15H17N5O3.Ni/c2*1-5-6-7-20-14(21)12(16-4)10(3)13(15(20)22)18-17-11-8-9(2)23-19-11;/h2*8,21H,5-7H2,1-3H3;/q;;+2/p-2. The quantitative estimate of drug-likeness (QED) is 0.101. The summed E-state index contributed by atoms with van der Waals surface area (Å²) >= 11 is 0. The summed E-state index contributed by atoms with van der Waals surface area (Å²) in [7, 11) is 0. The van der Waals surface area contributed by atoms with Crippen LogP contribution >= 0.6 is 0 Å². The summed E-state index contributed by atoms with van der Waals surface area (Å²) in [6.07, 6.45) is 2.97. The zero-order valence-electron chi connectivity index (χ0n) is 26.6. The molecular weight excluding hydrogens is 655 g/mol. The zero-order valence-corrected chi connectivity index (χ0v) is 27.6. The molecule has 0 bridgehead atoms. The molecular formula is C30H32N10NiO6. The summed E-state index contributed by atoms with van der Waals surface area (Å²) in [6, 6.07) is 3.12. The summed E-state index contributed by atoms with van der Waals surface area (Å²) < 4.78 is 11.8. The van der Waals surface area contributed by atoms with E-state index in [0.717, 1.165) is 22.0 Å². The Morgan fingerprint density at radius 3 is 1.36 bits per heavy atom. The third-order valence-corrected chi connectivity index (χ3v) is 6.64. The molecule has 4 heterocycles. The van der Waals surface area contributed by atoms with Crippen molar-refractivity contribution >= 4 is 34.4 Å². The van der Waals surface area contributed by atoms with Gasteiger partial charge in [0.15, 0.2) is 0 Å². The minimum absolute atomic E-state index is 0. The minimum Gasteiger partial charge on any atom is -0.869 e. The van der Waals surface area contributed by atoms with Gasteiger partial charge in [0.05, 0.1) is 13.1 Å². The van der Waals surface area contributed by atoms with Crippen LogP contribution in [0.4, 0.5) is 34.4 Å². The van der Waals surface area contributed by atoms with Gasteiger partial charge in [-0.25, -0.2) is 9.69 Å². The van der Waals surface area contributed by atoms with Crippen LogP contribution in [0.15, 0.2) is 51.2 Å². The van der Waals surface area contributed by atoms with E-state index in [1.54, 1.807) is 26.0 Å². The Kier molecular flexibility index (Phi) is 13.9. The fraction of sp³-hybridized carbons (Fsp3) is 0.400. The molecule has 0 aromatic carbocycles. The van der Waals surface area contributed by atoms with Crippen molar-refractivity contribution in [3.63, 3.8) is 0 Å². The van der Waals surface area contributed by atoms with E-state index in [2.05, 4.69) is 40.5 Å². The van der Waals surface area contributed by atoms with Gasteiger partial charge in [-0.15, -0.1) is 20.5 Å². The van der Waals surface area contributed by atoms with Gasteiger partial charge in [-0.3, -0.25) is 9.59 Å². The van der Waals surface area contributed by atoms with Crippen LogP contribution in [0.25, 0.3) is 9.69 Å². The molecule has 0 N–H and O–H groups in total. The third kappa shape index (κ3) is 8.86. The first-order valence-corrected chi connectivity index (χ1v) is 14.3. The number of azo groups is 2. The summed E-state index contributed by atoms with van der Waals surface area (Å²) in [4.78, 5) is 31.4. The Bertz CT molecular complexity index is 1830. The van der Waals surface area contributed by atoms with Crippen LogP contribution in [0.2, 0.25) is 0 Å². The predicted octanol–water partition coefficient (Wildman–Crippen LogP) is 6.58. The van der Waals surface area contributed by atoms with E-state index in [4.69, 9.17) is 22.2 Å². The Labute approximate surface area is 280 Å². The van der Waals surface area contributed by atoms with E-state index in [1.165, 1.54) is 13.8 Å². The molecule has 17 heteroatoms. The molecule has 47 heavy (non-hydrogen) atoms. The van der Waals surface area contributed by atoms with Crippen molar-refractivity contribution in [2.24, 2.45) is 20.5 Å². The van der Waals surface area contributed by atoms with Crippen molar-refractivity contribution in [2.45, 2.75) is 80.3 Å². The first-order valence-electron chi connectivity index (χ1n) is 14.3. The Morgan fingerprint density at radius 2 is 1.09 bits per heavy atom. The van der Waals surface area contributed by atoms with Gasteiger partial charge in [0.1, 0.15) is 22.9 Å². The Balaban J connectivity index is 0.000000320. The number of aryl methyl sites for hydroxylation is 2. The molecule has 0 saturated heterocycles. The number of aromatic nitrogens is 4. The monoisotopic (exact) mass is 686 g/mol. The number of hydrogen-bond acceptors (Lipinski definition) is 12. The molecule has 16 nitrogen and oxygen atoms in total. The van der Waals surface area contributed by atoms with Gasteiger partial charge in [0.2, 0.25) is 23.0 Å². The van der Waals surface area contributed by atoms with Gasteiger partial charge in [0.25, 0.3) is 11.1 Å². The molecule has 0 amide bonds. The fourth-order valence-electron chi connectivity index (χ4n) is 4.10. The zero-order chi connectivity index (χ0) is 34.0. The van der Waals surface area contributed by atoms with Gasteiger partial charge in [-0.05, 0) is 63.4 Å². The van der Waals surface area contributed by atoms with Crippen LogP contribution in [0.1, 0.15) is 62.2 Å². The van der Waals surface area contributed by atoms with Gasteiger partial charge < -0.3 is 28.4 Å². The number of rotatable bonds is 10. The second kappa shape index (κ2) is 17.3. The average Bonchev–Trinajstić information content (AvgIpc) is 3.64. The number of unbranched alkanes of at least 4 members (excludes halogenated alkanes) is 2. The first-order chi connectivity index (χ1) is 22.0. The van der Waals surface area contributed by atoms with Crippen molar-refractivity contribution in [2.75, 3.05) is 0 Å². The predicted molar refractivity (Wildman–Crippen MR) is 163 cm³/mol. The largest absolute Gasteiger partial charge is 2.00 e. The first kappa shape index (κ1) is 37.8. The maximum atomic E-state index is 12.5. The van der Waals surface area contributed by atoms with Crippen LogP contribution in [0.3, 0.4) is 0 Å². The SMILES string of the molecule is [C-]#[N+]c1c(C)c(N=Nc2cc(C)on2)c(=O)n(CCCC)c1[O-].[C-]#[N+]c1c(C)c(N=Nc2cc(C)on2)c(=O)n(CCCC)c1[O-].[Ni+2]. The molecule has 248 valence electrons. The van der Waals surface area contributed by atoms with E-state index < -0.39 is 22.9 Å². The summed E-state index contributed by atoms with van der Waals surface area (Å²) in [5, 5.41) is 47.2. The van der Waals surface area contributed by atoms with Crippen LogP contribution in [-0.2, 0) is 29.6 Å². The van der Waals surface area contributed by atoms with E-state index >= 15 is 0 Å². The molecule has 0 aliphatic heterocycles. The molecule has 0 fully saturated rings. The summed E-state index contributed by atoms with van der Waals surface area (Å²) in [6.45, 7) is 25.2. The van der Waals surface area contributed by atoms with E-state index in [1.807, 2.05) is 13.8 Å². The number of hydrogen-bond donors (Lipinski definition) is 0. The molecule has 0 aliphatic carbocycles. The van der Waals surface area contributed by atoms with Crippen LogP contribution < -0.4 is 21.3 Å².